The Morgan fingerprint density at radius 2 is 1.73 bits per heavy atom. The smallest absolute Gasteiger partial charge is 0.125 e. The van der Waals surface area contributed by atoms with Gasteiger partial charge in [-0.15, -0.1) is 11.6 Å². The topological polar surface area (TPSA) is 0 Å². The molecule has 0 atom stereocenters. The van der Waals surface area contributed by atoms with Crippen molar-refractivity contribution in [3.63, 3.8) is 0 Å². The van der Waals surface area contributed by atoms with Crippen LogP contribution in [0.3, 0.4) is 0 Å². The van der Waals surface area contributed by atoms with Gasteiger partial charge in [0.05, 0.1) is 0 Å². The van der Waals surface area contributed by atoms with Crippen LogP contribution < -0.4 is 0 Å². The summed E-state index contributed by atoms with van der Waals surface area (Å²) in [6, 6.07) is 2.78. The fourth-order valence-corrected chi connectivity index (χ4v) is 2.72. The largest absolute Gasteiger partial charge is 0.207 e. The minimum Gasteiger partial charge on any atom is -0.207 e. The predicted octanol–water partition coefficient (Wildman–Crippen LogP) is 4.09. The fraction of sp³-hybridized carbons (Fsp3) is 0.143. The maximum absolute atomic E-state index is 12.6. The number of alkyl halides is 1. The Morgan fingerprint density at radius 3 is 2.09 bits per heavy atom. The van der Waals surface area contributed by atoms with Gasteiger partial charge in [0, 0.05) is 14.8 Å². The summed E-state index contributed by atoms with van der Waals surface area (Å²) in [4.78, 5) is 0. The second kappa shape index (κ2) is 3.87. The minimum absolute atomic E-state index is 0.280. The molecule has 1 rings (SSSR count). The second-order valence-electron chi connectivity index (χ2n) is 1.98. The van der Waals surface area contributed by atoms with Gasteiger partial charge in [-0.05, 0) is 17.7 Å². The van der Waals surface area contributed by atoms with Crippen LogP contribution in [0.25, 0.3) is 0 Å². The van der Waals surface area contributed by atoms with Crippen LogP contribution in [0.1, 0.15) is 5.56 Å². The minimum atomic E-state index is -0.280. The molecule has 0 N–H and O–H groups in total. The first-order valence-electron chi connectivity index (χ1n) is 2.84. The van der Waals surface area contributed by atoms with Crippen molar-refractivity contribution < 1.29 is 4.39 Å². The van der Waals surface area contributed by atoms with E-state index in [1.165, 1.54) is 12.1 Å². The first-order chi connectivity index (χ1) is 5.15. The average Bonchev–Trinajstić information content (AvgIpc) is 1.85. The van der Waals surface area contributed by atoms with E-state index in [0.717, 1.165) is 5.56 Å². The van der Waals surface area contributed by atoms with Crippen molar-refractivity contribution in [2.75, 3.05) is 0 Å². The number of benzene rings is 1. The highest BCUT2D eigenvalue weighted by atomic mass is 79.9. The Morgan fingerprint density at radius 1 is 1.27 bits per heavy atom. The summed E-state index contributed by atoms with van der Waals surface area (Å²) in [5, 5.41) is 0. The van der Waals surface area contributed by atoms with Crippen LogP contribution in [0.5, 0.6) is 0 Å². The zero-order chi connectivity index (χ0) is 8.43. The Labute approximate surface area is 86.0 Å². The Balaban J connectivity index is 3.25. The monoisotopic (exact) mass is 300 g/mol. The first-order valence-corrected chi connectivity index (χ1v) is 4.96. The highest BCUT2D eigenvalue weighted by Gasteiger charge is 2.05. The average molecular weight is 302 g/mol. The molecule has 0 aliphatic heterocycles. The van der Waals surface area contributed by atoms with Crippen LogP contribution >= 0.6 is 43.5 Å². The maximum atomic E-state index is 12.6. The van der Waals surface area contributed by atoms with Crippen molar-refractivity contribution in [3.05, 3.63) is 32.5 Å². The van der Waals surface area contributed by atoms with Crippen molar-refractivity contribution in [2.24, 2.45) is 0 Å². The Hall–Kier alpha value is 0.400. The van der Waals surface area contributed by atoms with Crippen LogP contribution in [-0.4, -0.2) is 0 Å². The van der Waals surface area contributed by atoms with Gasteiger partial charge in [0.25, 0.3) is 0 Å². The molecular weight excluding hydrogens is 298 g/mol. The molecule has 0 unspecified atom stereocenters. The maximum Gasteiger partial charge on any atom is 0.125 e. The molecule has 0 aliphatic rings. The molecular formula is C7H4Br2ClF. The van der Waals surface area contributed by atoms with E-state index in [1.54, 1.807) is 0 Å². The van der Waals surface area contributed by atoms with E-state index in [4.69, 9.17) is 11.6 Å². The van der Waals surface area contributed by atoms with Gasteiger partial charge in [0.15, 0.2) is 0 Å². The quantitative estimate of drug-likeness (QED) is 0.686. The number of halogens is 4. The molecule has 1 aromatic rings. The van der Waals surface area contributed by atoms with E-state index in [-0.39, 0.29) is 5.82 Å². The Bertz CT molecular complexity index is 252. The Kier molecular flexibility index (Phi) is 3.34. The summed E-state index contributed by atoms with van der Waals surface area (Å²) in [6.45, 7) is 0. The van der Waals surface area contributed by atoms with Crippen LogP contribution in [0.15, 0.2) is 21.1 Å². The normalized spacial score (nSPS) is 10.2. The standard InChI is InChI=1S/C7H4Br2ClF/c8-6-1-4(11)2-7(9)5(6)3-10/h1-2H,3H2. The van der Waals surface area contributed by atoms with Gasteiger partial charge in [0.2, 0.25) is 0 Å². The third-order valence-electron chi connectivity index (χ3n) is 1.24. The summed E-state index contributed by atoms with van der Waals surface area (Å²) in [6.07, 6.45) is 0. The molecule has 1 aromatic carbocycles. The lowest BCUT2D eigenvalue weighted by Gasteiger charge is -2.02. The molecule has 0 amide bonds. The highest BCUT2D eigenvalue weighted by Crippen LogP contribution is 2.27. The summed E-state index contributed by atoms with van der Waals surface area (Å²) in [5.74, 6) is 0.0826. The summed E-state index contributed by atoms with van der Waals surface area (Å²) < 4.78 is 14.0. The zero-order valence-electron chi connectivity index (χ0n) is 5.37. The van der Waals surface area contributed by atoms with Gasteiger partial charge in [0.1, 0.15) is 5.82 Å². The lowest BCUT2D eigenvalue weighted by Crippen LogP contribution is -1.85. The highest BCUT2D eigenvalue weighted by molar-refractivity contribution is 9.11. The molecule has 0 radical (unpaired) electrons. The molecule has 0 saturated carbocycles. The molecule has 0 aromatic heterocycles. The lowest BCUT2D eigenvalue weighted by atomic mass is 10.2. The van der Waals surface area contributed by atoms with E-state index in [0.29, 0.717) is 14.8 Å². The van der Waals surface area contributed by atoms with Gasteiger partial charge in [-0.3, -0.25) is 0 Å². The molecule has 0 heterocycles. The van der Waals surface area contributed by atoms with E-state index in [2.05, 4.69) is 31.9 Å². The van der Waals surface area contributed by atoms with Gasteiger partial charge in [-0.2, -0.15) is 0 Å². The number of hydrogen-bond acceptors (Lipinski definition) is 0. The van der Waals surface area contributed by atoms with E-state index in [9.17, 15) is 4.39 Å². The van der Waals surface area contributed by atoms with Crippen LogP contribution in [-0.2, 0) is 5.88 Å². The van der Waals surface area contributed by atoms with Gasteiger partial charge in [-0.1, -0.05) is 31.9 Å². The lowest BCUT2D eigenvalue weighted by molar-refractivity contribution is 0.625. The molecule has 11 heavy (non-hydrogen) atoms. The fourth-order valence-electron chi connectivity index (χ4n) is 0.700. The number of rotatable bonds is 1. The van der Waals surface area contributed by atoms with Crippen molar-refractivity contribution >= 4 is 43.5 Å². The summed E-state index contributed by atoms with van der Waals surface area (Å²) in [5.41, 5.74) is 0.869. The zero-order valence-corrected chi connectivity index (χ0v) is 9.30. The SMILES string of the molecule is Fc1cc(Br)c(CCl)c(Br)c1. The van der Waals surface area contributed by atoms with Crippen molar-refractivity contribution in [1.82, 2.24) is 0 Å². The van der Waals surface area contributed by atoms with Gasteiger partial charge >= 0.3 is 0 Å². The van der Waals surface area contributed by atoms with E-state index >= 15 is 0 Å². The second-order valence-corrected chi connectivity index (χ2v) is 3.96. The van der Waals surface area contributed by atoms with Crippen LogP contribution in [0.2, 0.25) is 0 Å². The van der Waals surface area contributed by atoms with Gasteiger partial charge < -0.3 is 0 Å². The molecule has 0 aliphatic carbocycles. The predicted molar refractivity (Wildman–Crippen MR) is 51.4 cm³/mol. The first kappa shape index (κ1) is 9.49. The molecule has 0 bridgehead atoms. The van der Waals surface area contributed by atoms with Crippen molar-refractivity contribution in [2.45, 2.75) is 5.88 Å². The molecule has 0 fully saturated rings. The summed E-state index contributed by atoms with van der Waals surface area (Å²) >= 11 is 12.0. The van der Waals surface area contributed by atoms with E-state index < -0.39 is 0 Å². The molecule has 0 nitrogen and oxygen atoms in total. The van der Waals surface area contributed by atoms with Crippen molar-refractivity contribution in [1.29, 1.82) is 0 Å². The molecule has 0 saturated heterocycles. The van der Waals surface area contributed by atoms with Gasteiger partial charge in [-0.25, -0.2) is 4.39 Å². The molecule has 60 valence electrons. The van der Waals surface area contributed by atoms with Crippen molar-refractivity contribution in [3.8, 4) is 0 Å². The van der Waals surface area contributed by atoms with Crippen LogP contribution in [0, 0.1) is 5.82 Å². The molecule has 4 heteroatoms. The summed E-state index contributed by atoms with van der Waals surface area (Å²) in [7, 11) is 0. The number of hydrogen-bond donors (Lipinski definition) is 0. The van der Waals surface area contributed by atoms with Crippen LogP contribution in [0.4, 0.5) is 4.39 Å². The van der Waals surface area contributed by atoms with E-state index in [1.807, 2.05) is 0 Å². The third kappa shape index (κ3) is 2.17. The third-order valence-corrected chi connectivity index (χ3v) is 2.92. The molecule has 0 spiro atoms.